The SMILES string of the molecule is COC1=C(OC)C(=O)C(Cc2ccc(/C=C/C(=O)N3CCOCC3)cc2)=C(C)C1=O. The zero-order valence-electron chi connectivity index (χ0n) is 17.4. The molecule has 0 radical (unpaired) electrons. The van der Waals surface area contributed by atoms with Gasteiger partial charge in [-0.1, -0.05) is 24.3 Å². The van der Waals surface area contributed by atoms with E-state index < -0.39 is 0 Å². The van der Waals surface area contributed by atoms with E-state index in [1.54, 1.807) is 24.0 Å². The van der Waals surface area contributed by atoms with Gasteiger partial charge in [-0.25, -0.2) is 0 Å². The average molecular weight is 411 g/mol. The number of allylic oxidation sites excluding steroid dienone is 2. The second kappa shape index (κ2) is 9.54. The van der Waals surface area contributed by atoms with E-state index in [1.165, 1.54) is 14.2 Å². The number of ether oxygens (including phenoxy) is 3. The number of carbonyl (C=O) groups excluding carboxylic acids is 3. The first-order chi connectivity index (χ1) is 14.5. The molecule has 7 nitrogen and oxygen atoms in total. The number of nitrogens with zero attached hydrogens (tertiary/aromatic N) is 1. The van der Waals surface area contributed by atoms with Crippen molar-refractivity contribution in [2.45, 2.75) is 13.3 Å². The Kier molecular flexibility index (Phi) is 6.84. The maximum Gasteiger partial charge on any atom is 0.246 e. The fourth-order valence-electron chi connectivity index (χ4n) is 3.41. The van der Waals surface area contributed by atoms with Crippen LogP contribution in [0.5, 0.6) is 0 Å². The van der Waals surface area contributed by atoms with E-state index in [1.807, 2.05) is 24.3 Å². The van der Waals surface area contributed by atoms with Crippen LogP contribution in [0.25, 0.3) is 6.08 Å². The van der Waals surface area contributed by atoms with Crippen molar-refractivity contribution < 1.29 is 28.6 Å². The number of carbonyl (C=O) groups is 3. The fourth-order valence-corrected chi connectivity index (χ4v) is 3.41. The van der Waals surface area contributed by atoms with E-state index >= 15 is 0 Å². The molecule has 1 amide bonds. The number of Topliss-reactive ketones (excluding diaryl/α,β-unsaturated/α-hetero) is 2. The smallest absolute Gasteiger partial charge is 0.246 e. The highest BCUT2D eigenvalue weighted by Gasteiger charge is 2.34. The lowest BCUT2D eigenvalue weighted by atomic mass is 9.88. The van der Waals surface area contributed by atoms with E-state index in [-0.39, 0.29) is 29.0 Å². The van der Waals surface area contributed by atoms with Gasteiger partial charge in [0.15, 0.2) is 0 Å². The van der Waals surface area contributed by atoms with Crippen LogP contribution in [0.3, 0.4) is 0 Å². The molecule has 0 spiro atoms. The van der Waals surface area contributed by atoms with Gasteiger partial charge in [0.05, 0.1) is 27.4 Å². The lowest BCUT2D eigenvalue weighted by Crippen LogP contribution is -2.39. The normalized spacial score (nSPS) is 17.8. The maximum absolute atomic E-state index is 12.7. The summed E-state index contributed by atoms with van der Waals surface area (Å²) < 4.78 is 15.4. The molecule has 0 atom stereocenters. The fraction of sp³-hybridized carbons (Fsp3) is 0.348. The molecule has 7 heteroatoms. The summed E-state index contributed by atoms with van der Waals surface area (Å²) in [5.74, 6) is -0.850. The molecule has 1 fully saturated rings. The number of rotatable bonds is 6. The topological polar surface area (TPSA) is 82.1 Å². The Hall–Kier alpha value is -3.19. The van der Waals surface area contributed by atoms with E-state index in [9.17, 15) is 14.4 Å². The van der Waals surface area contributed by atoms with Crippen molar-refractivity contribution in [2.24, 2.45) is 0 Å². The molecule has 1 saturated heterocycles. The number of ketones is 2. The highest BCUT2D eigenvalue weighted by molar-refractivity contribution is 6.23. The third-order valence-electron chi connectivity index (χ3n) is 5.20. The number of amides is 1. The zero-order chi connectivity index (χ0) is 21.7. The van der Waals surface area contributed by atoms with Gasteiger partial charge in [0, 0.05) is 36.7 Å². The number of methoxy groups -OCH3 is 2. The second-order valence-corrected chi connectivity index (χ2v) is 7.02. The van der Waals surface area contributed by atoms with Crippen LogP contribution in [0.1, 0.15) is 18.1 Å². The van der Waals surface area contributed by atoms with Crippen molar-refractivity contribution in [2.75, 3.05) is 40.5 Å². The lowest BCUT2D eigenvalue weighted by molar-refractivity contribution is -0.129. The summed E-state index contributed by atoms with van der Waals surface area (Å²) in [6.45, 7) is 3.96. The van der Waals surface area contributed by atoms with Crippen molar-refractivity contribution in [3.05, 3.63) is 64.1 Å². The second-order valence-electron chi connectivity index (χ2n) is 7.02. The maximum atomic E-state index is 12.7. The van der Waals surface area contributed by atoms with Gasteiger partial charge in [-0.15, -0.1) is 0 Å². The Morgan fingerprint density at radius 3 is 2.23 bits per heavy atom. The van der Waals surface area contributed by atoms with Crippen LogP contribution in [0.15, 0.2) is 53.0 Å². The summed E-state index contributed by atoms with van der Waals surface area (Å²) >= 11 is 0. The molecular weight excluding hydrogens is 386 g/mol. The molecule has 0 bridgehead atoms. The zero-order valence-corrected chi connectivity index (χ0v) is 17.4. The van der Waals surface area contributed by atoms with E-state index in [2.05, 4.69) is 0 Å². The van der Waals surface area contributed by atoms with Gasteiger partial charge in [-0.3, -0.25) is 14.4 Å². The minimum Gasteiger partial charge on any atom is -0.489 e. The molecule has 0 saturated carbocycles. The van der Waals surface area contributed by atoms with Gasteiger partial charge in [-0.05, 0) is 24.1 Å². The first kappa shape index (κ1) is 21.5. The Morgan fingerprint density at radius 1 is 1.03 bits per heavy atom. The monoisotopic (exact) mass is 411 g/mol. The molecule has 2 aliphatic rings. The molecule has 0 unspecified atom stereocenters. The quantitative estimate of drug-likeness (QED) is 0.527. The first-order valence-electron chi connectivity index (χ1n) is 9.71. The summed E-state index contributed by atoms with van der Waals surface area (Å²) in [6.07, 6.45) is 3.62. The highest BCUT2D eigenvalue weighted by atomic mass is 16.5. The van der Waals surface area contributed by atoms with Crippen molar-refractivity contribution in [3.63, 3.8) is 0 Å². The number of hydrogen-bond donors (Lipinski definition) is 0. The van der Waals surface area contributed by atoms with E-state index in [0.29, 0.717) is 43.9 Å². The molecule has 30 heavy (non-hydrogen) atoms. The third-order valence-corrected chi connectivity index (χ3v) is 5.20. The molecule has 1 aromatic rings. The van der Waals surface area contributed by atoms with Crippen LogP contribution in [0.4, 0.5) is 0 Å². The van der Waals surface area contributed by atoms with Crippen LogP contribution in [-0.4, -0.2) is 62.9 Å². The molecule has 1 aromatic carbocycles. The van der Waals surface area contributed by atoms with E-state index in [0.717, 1.165) is 11.1 Å². The number of hydrogen-bond acceptors (Lipinski definition) is 6. The standard InChI is InChI=1S/C23H25NO6/c1-15-18(21(27)23(29-3)22(28-2)20(15)26)14-17-6-4-16(5-7-17)8-9-19(25)24-10-12-30-13-11-24/h4-9H,10-14H2,1-3H3/b9-8+. The van der Waals surface area contributed by atoms with Crippen molar-refractivity contribution >= 4 is 23.5 Å². The van der Waals surface area contributed by atoms with Crippen molar-refractivity contribution in [1.29, 1.82) is 0 Å². The molecule has 1 heterocycles. The summed E-state index contributed by atoms with van der Waals surface area (Å²) in [5.41, 5.74) is 2.50. The molecular formula is C23H25NO6. The van der Waals surface area contributed by atoms with Crippen molar-refractivity contribution in [3.8, 4) is 0 Å². The van der Waals surface area contributed by atoms with Crippen LogP contribution >= 0.6 is 0 Å². The van der Waals surface area contributed by atoms with Crippen LogP contribution < -0.4 is 0 Å². The Bertz CT molecular complexity index is 933. The molecule has 0 aromatic heterocycles. The number of benzene rings is 1. The molecule has 1 aliphatic heterocycles. The molecule has 158 valence electrons. The largest absolute Gasteiger partial charge is 0.489 e. The minimum atomic E-state index is -0.342. The lowest BCUT2D eigenvalue weighted by Gasteiger charge is -2.25. The predicted octanol–water partition coefficient (Wildman–Crippen LogP) is 2.07. The summed E-state index contributed by atoms with van der Waals surface area (Å²) in [6, 6.07) is 7.49. The Labute approximate surface area is 175 Å². The van der Waals surface area contributed by atoms with E-state index in [4.69, 9.17) is 14.2 Å². The third kappa shape index (κ3) is 4.52. The van der Waals surface area contributed by atoms with Crippen LogP contribution in [0, 0.1) is 0 Å². The van der Waals surface area contributed by atoms with Gasteiger partial charge in [0.2, 0.25) is 29.0 Å². The summed E-state index contributed by atoms with van der Waals surface area (Å²) in [5, 5.41) is 0. The van der Waals surface area contributed by atoms with Crippen LogP contribution in [-0.2, 0) is 35.0 Å². The van der Waals surface area contributed by atoms with Crippen molar-refractivity contribution in [1.82, 2.24) is 4.90 Å². The molecule has 0 N–H and O–H groups in total. The van der Waals surface area contributed by atoms with Gasteiger partial charge in [-0.2, -0.15) is 0 Å². The summed E-state index contributed by atoms with van der Waals surface area (Å²) in [7, 11) is 2.69. The van der Waals surface area contributed by atoms with Gasteiger partial charge in [0.25, 0.3) is 0 Å². The Balaban J connectivity index is 1.70. The van der Waals surface area contributed by atoms with Gasteiger partial charge < -0.3 is 19.1 Å². The van der Waals surface area contributed by atoms with Gasteiger partial charge >= 0.3 is 0 Å². The Morgan fingerprint density at radius 2 is 1.63 bits per heavy atom. The molecule has 3 rings (SSSR count). The summed E-state index contributed by atoms with van der Waals surface area (Å²) in [4.78, 5) is 39.2. The molecule has 1 aliphatic carbocycles. The number of morpholine rings is 1. The highest BCUT2D eigenvalue weighted by Crippen LogP contribution is 2.28. The predicted molar refractivity (Wildman–Crippen MR) is 110 cm³/mol. The average Bonchev–Trinajstić information content (AvgIpc) is 2.78. The van der Waals surface area contributed by atoms with Gasteiger partial charge in [0.1, 0.15) is 0 Å². The first-order valence-corrected chi connectivity index (χ1v) is 9.71. The van der Waals surface area contributed by atoms with Crippen LogP contribution in [0.2, 0.25) is 0 Å². The minimum absolute atomic E-state index is 0.0395.